The molecule has 0 spiro atoms. The summed E-state index contributed by atoms with van der Waals surface area (Å²) in [6, 6.07) is 11.7. The molecule has 29 heavy (non-hydrogen) atoms. The van der Waals surface area contributed by atoms with Crippen molar-refractivity contribution in [2.45, 2.75) is 82.6 Å². The molecule has 0 heterocycles. The Morgan fingerprint density at radius 2 is 1.90 bits per heavy atom. The van der Waals surface area contributed by atoms with Gasteiger partial charge in [0.2, 0.25) is 0 Å². The van der Waals surface area contributed by atoms with Crippen LogP contribution in [-0.2, 0) is 5.41 Å². The van der Waals surface area contributed by atoms with Gasteiger partial charge in [0.25, 0.3) is 0 Å². The second-order valence-electron chi connectivity index (χ2n) is 10.7. The van der Waals surface area contributed by atoms with Crippen molar-refractivity contribution in [3.63, 3.8) is 0 Å². The van der Waals surface area contributed by atoms with Crippen LogP contribution in [0.3, 0.4) is 0 Å². The van der Waals surface area contributed by atoms with Crippen molar-refractivity contribution in [1.82, 2.24) is 0 Å². The molecule has 5 fully saturated rings. The van der Waals surface area contributed by atoms with Gasteiger partial charge in [0.15, 0.2) is 0 Å². The number of hydrogen-bond acceptors (Lipinski definition) is 2. The minimum atomic E-state index is 0.176. The van der Waals surface area contributed by atoms with E-state index in [-0.39, 0.29) is 5.41 Å². The van der Waals surface area contributed by atoms with Crippen molar-refractivity contribution in [2.24, 2.45) is 39.8 Å². The minimum Gasteiger partial charge on any atom is -0.328 e. The number of nitrogens with zero attached hydrogens (tertiary/aromatic N) is 1. The molecule has 5 aliphatic carbocycles. The summed E-state index contributed by atoms with van der Waals surface area (Å²) in [6.45, 7) is 2.35. The Balaban J connectivity index is 1.41. The molecule has 3 heteroatoms. The number of rotatable bonds is 5. The summed E-state index contributed by atoms with van der Waals surface area (Å²) in [5.74, 6) is 3.02. The van der Waals surface area contributed by atoms with Gasteiger partial charge in [0.1, 0.15) is 4.99 Å². The van der Waals surface area contributed by atoms with E-state index in [1.165, 1.54) is 51.4 Å². The number of nitrogens with two attached hydrogens (primary N) is 1. The summed E-state index contributed by atoms with van der Waals surface area (Å²) in [5, 5.41) is 0. The molecule has 1 aromatic carbocycles. The van der Waals surface area contributed by atoms with Crippen LogP contribution in [0.5, 0.6) is 0 Å². The van der Waals surface area contributed by atoms with Gasteiger partial charge in [-0.05, 0) is 86.0 Å². The first-order chi connectivity index (χ1) is 14.1. The maximum atomic E-state index is 6.12. The SMILES string of the molecule is CCCC1C2CC3(c4ccccc4)CC1C(C(=S)/N=C/C1CCC(N)CC1)(C2)C3. The molecule has 0 radical (unpaired) electrons. The first kappa shape index (κ1) is 19.9. The zero-order chi connectivity index (χ0) is 20.1. The van der Waals surface area contributed by atoms with E-state index in [1.54, 1.807) is 5.56 Å². The van der Waals surface area contributed by atoms with Crippen LogP contribution in [0, 0.1) is 29.1 Å². The maximum Gasteiger partial charge on any atom is 0.109 e. The Bertz CT molecular complexity index is 781. The molecule has 2 nitrogen and oxygen atoms in total. The smallest absolute Gasteiger partial charge is 0.109 e. The van der Waals surface area contributed by atoms with E-state index in [0.29, 0.717) is 17.4 Å². The van der Waals surface area contributed by atoms with Crippen LogP contribution in [0.2, 0.25) is 0 Å². The van der Waals surface area contributed by atoms with E-state index in [2.05, 4.69) is 43.5 Å². The molecular weight excluding hydrogens is 372 g/mol. The Labute approximate surface area is 181 Å². The van der Waals surface area contributed by atoms with E-state index in [1.807, 2.05) is 0 Å². The second kappa shape index (κ2) is 7.57. The Hall–Kier alpha value is -1.06. The summed E-state index contributed by atoms with van der Waals surface area (Å²) in [4.78, 5) is 6.07. The highest BCUT2D eigenvalue weighted by Crippen LogP contribution is 2.73. The average molecular weight is 409 g/mol. The Morgan fingerprint density at radius 1 is 1.14 bits per heavy atom. The Morgan fingerprint density at radius 3 is 2.62 bits per heavy atom. The highest BCUT2D eigenvalue weighted by molar-refractivity contribution is 7.80. The molecular formula is C26H36N2S. The third-order valence-corrected chi connectivity index (χ3v) is 9.54. The van der Waals surface area contributed by atoms with Gasteiger partial charge in [-0.25, -0.2) is 0 Å². The van der Waals surface area contributed by atoms with E-state index in [9.17, 15) is 0 Å². The molecule has 5 aliphatic rings. The van der Waals surface area contributed by atoms with Crippen LogP contribution >= 0.6 is 12.2 Å². The Kier molecular flexibility index (Phi) is 5.19. The summed E-state index contributed by atoms with van der Waals surface area (Å²) in [7, 11) is 0. The van der Waals surface area contributed by atoms with Gasteiger partial charge in [-0.3, -0.25) is 4.99 Å². The van der Waals surface area contributed by atoms with Gasteiger partial charge < -0.3 is 5.73 Å². The maximum absolute atomic E-state index is 6.12. The van der Waals surface area contributed by atoms with Gasteiger partial charge in [-0.2, -0.15) is 0 Å². The molecule has 0 aromatic heterocycles. The summed E-state index contributed by atoms with van der Waals surface area (Å²) in [5.41, 5.74) is 8.16. The summed E-state index contributed by atoms with van der Waals surface area (Å²) >= 11 is 6.12. The van der Waals surface area contributed by atoms with E-state index >= 15 is 0 Å². The number of thiocarbonyl (C=S) groups is 1. The molecule has 1 aromatic rings. The lowest BCUT2D eigenvalue weighted by Crippen LogP contribution is -2.37. The lowest BCUT2D eigenvalue weighted by Gasteiger charge is -2.43. The zero-order valence-corrected chi connectivity index (χ0v) is 18.7. The van der Waals surface area contributed by atoms with Crippen LogP contribution in [0.15, 0.2) is 35.3 Å². The van der Waals surface area contributed by atoms with E-state index < -0.39 is 0 Å². The summed E-state index contributed by atoms with van der Waals surface area (Å²) in [6.07, 6.45) is 14.7. The fourth-order valence-electron chi connectivity index (χ4n) is 7.85. The monoisotopic (exact) mass is 408 g/mol. The van der Waals surface area contributed by atoms with Crippen LogP contribution in [-0.4, -0.2) is 17.2 Å². The fourth-order valence-corrected chi connectivity index (χ4v) is 8.22. The fraction of sp³-hybridized carbons (Fsp3) is 0.692. The largest absolute Gasteiger partial charge is 0.328 e. The van der Waals surface area contributed by atoms with Crippen molar-refractivity contribution >= 4 is 23.4 Å². The topological polar surface area (TPSA) is 38.4 Å². The third kappa shape index (κ3) is 3.24. The van der Waals surface area contributed by atoms with Crippen molar-refractivity contribution in [3.05, 3.63) is 35.9 Å². The van der Waals surface area contributed by atoms with Crippen molar-refractivity contribution in [3.8, 4) is 0 Å². The standard InChI is InChI=1S/C26H36N2S/c1-2-6-22-19-13-25(20-7-4-3-5-8-20)15-23(22)26(14-19,17-25)24(29)28-16-18-9-11-21(27)12-10-18/h3-5,7-8,16,18-19,21-23H,2,6,9-15,17,27H2,1H3/b28-16+. The van der Waals surface area contributed by atoms with Gasteiger partial charge in [-0.1, -0.05) is 62.3 Å². The lowest BCUT2D eigenvalue weighted by atomic mass is 9.61. The minimum absolute atomic E-state index is 0.176. The van der Waals surface area contributed by atoms with Crippen molar-refractivity contribution in [1.29, 1.82) is 0 Å². The molecule has 2 N–H and O–H groups in total. The van der Waals surface area contributed by atoms with Gasteiger partial charge >= 0.3 is 0 Å². The second-order valence-corrected chi connectivity index (χ2v) is 11.1. The first-order valence-corrected chi connectivity index (χ1v) is 12.4. The van der Waals surface area contributed by atoms with Crippen LogP contribution in [0.4, 0.5) is 0 Å². The lowest BCUT2D eigenvalue weighted by molar-refractivity contribution is 0.155. The first-order valence-electron chi connectivity index (χ1n) is 12.0. The van der Waals surface area contributed by atoms with E-state index in [0.717, 1.165) is 35.6 Å². The molecule has 0 saturated heterocycles. The molecule has 5 saturated carbocycles. The zero-order valence-electron chi connectivity index (χ0n) is 17.9. The summed E-state index contributed by atoms with van der Waals surface area (Å²) < 4.78 is 0. The van der Waals surface area contributed by atoms with Crippen LogP contribution < -0.4 is 5.73 Å². The van der Waals surface area contributed by atoms with Crippen LogP contribution in [0.1, 0.15) is 76.7 Å². The molecule has 4 bridgehead atoms. The highest BCUT2D eigenvalue weighted by Gasteiger charge is 2.69. The number of benzene rings is 1. The predicted octanol–water partition coefficient (Wildman–Crippen LogP) is 6.08. The average Bonchev–Trinajstić information content (AvgIpc) is 3.11. The van der Waals surface area contributed by atoms with E-state index in [4.69, 9.17) is 22.9 Å². The predicted molar refractivity (Wildman–Crippen MR) is 125 cm³/mol. The van der Waals surface area contributed by atoms with Crippen LogP contribution in [0.25, 0.3) is 0 Å². The van der Waals surface area contributed by atoms with Gasteiger partial charge in [-0.15, -0.1) is 0 Å². The highest BCUT2D eigenvalue weighted by atomic mass is 32.1. The number of hydrogen-bond donors (Lipinski definition) is 1. The van der Waals surface area contributed by atoms with Crippen molar-refractivity contribution in [2.75, 3.05) is 0 Å². The van der Waals surface area contributed by atoms with Gasteiger partial charge in [0.05, 0.1) is 0 Å². The quantitative estimate of drug-likeness (QED) is 0.474. The molecule has 0 amide bonds. The molecule has 5 unspecified atom stereocenters. The molecule has 156 valence electrons. The molecule has 5 atom stereocenters. The normalized spacial score (nSPS) is 43.3. The van der Waals surface area contributed by atoms with Crippen molar-refractivity contribution < 1.29 is 0 Å². The molecule has 6 rings (SSSR count). The molecule has 0 aliphatic heterocycles. The van der Waals surface area contributed by atoms with Gasteiger partial charge in [0, 0.05) is 17.7 Å². The third-order valence-electron chi connectivity index (χ3n) is 9.03. The number of aliphatic imine (C=N–C) groups is 1.